The molecule has 3 atom stereocenters. The minimum atomic E-state index is 0.392. The Kier molecular flexibility index (Phi) is 3.02. The van der Waals surface area contributed by atoms with E-state index < -0.39 is 0 Å². The van der Waals surface area contributed by atoms with Gasteiger partial charge in [-0.2, -0.15) is 4.98 Å². The monoisotopic (exact) mass is 248 g/mol. The van der Waals surface area contributed by atoms with Crippen LogP contribution >= 0.6 is 11.5 Å². The van der Waals surface area contributed by atoms with Gasteiger partial charge >= 0.3 is 6.01 Å². The molecule has 0 aromatic carbocycles. The lowest BCUT2D eigenvalue weighted by atomic mass is 9.89. The Morgan fingerprint density at radius 1 is 1.41 bits per heavy atom. The van der Waals surface area contributed by atoms with Gasteiger partial charge in [0.2, 0.25) is 0 Å². The molecule has 2 aliphatic rings. The SMILES string of the molecule is CC#CCOc1nsc(C2CC3CCC2C3)n1. The molecule has 0 N–H and O–H groups in total. The Morgan fingerprint density at radius 3 is 3.06 bits per heavy atom. The molecule has 1 aromatic rings. The molecule has 3 unspecified atom stereocenters. The molecule has 4 heteroatoms. The van der Waals surface area contributed by atoms with Crippen molar-refractivity contribution in [2.45, 2.75) is 38.5 Å². The normalized spacial score (nSPS) is 30.1. The summed E-state index contributed by atoms with van der Waals surface area (Å²) in [5.41, 5.74) is 0. The van der Waals surface area contributed by atoms with Crippen molar-refractivity contribution in [1.29, 1.82) is 0 Å². The zero-order valence-electron chi connectivity index (χ0n) is 9.98. The summed E-state index contributed by atoms with van der Waals surface area (Å²) < 4.78 is 9.64. The van der Waals surface area contributed by atoms with E-state index in [0.29, 0.717) is 18.5 Å². The minimum absolute atomic E-state index is 0.392. The number of fused-ring (bicyclic) bond motifs is 2. The first-order valence-electron chi connectivity index (χ1n) is 6.23. The fourth-order valence-corrected chi connectivity index (χ4v) is 3.96. The van der Waals surface area contributed by atoms with Gasteiger partial charge in [0.1, 0.15) is 5.01 Å². The molecule has 0 saturated heterocycles. The van der Waals surface area contributed by atoms with E-state index in [9.17, 15) is 0 Å². The van der Waals surface area contributed by atoms with Gasteiger partial charge in [0.05, 0.1) is 0 Å². The third-order valence-electron chi connectivity index (χ3n) is 3.93. The predicted molar refractivity (Wildman–Crippen MR) is 67.0 cm³/mol. The van der Waals surface area contributed by atoms with Crippen LogP contribution in [0.2, 0.25) is 0 Å². The van der Waals surface area contributed by atoms with Gasteiger partial charge in [-0.25, -0.2) is 0 Å². The number of hydrogen-bond donors (Lipinski definition) is 0. The Balaban J connectivity index is 1.65. The second kappa shape index (κ2) is 4.66. The molecule has 90 valence electrons. The van der Waals surface area contributed by atoms with Crippen LogP contribution in [0.25, 0.3) is 0 Å². The van der Waals surface area contributed by atoms with Crippen LogP contribution in [0.15, 0.2) is 0 Å². The first-order valence-corrected chi connectivity index (χ1v) is 7.00. The second-order valence-corrected chi connectivity index (χ2v) is 5.70. The molecule has 1 aromatic heterocycles. The van der Waals surface area contributed by atoms with E-state index in [2.05, 4.69) is 21.2 Å². The highest BCUT2D eigenvalue weighted by Gasteiger charge is 2.41. The summed E-state index contributed by atoms with van der Waals surface area (Å²) in [5, 5.41) is 1.18. The lowest BCUT2D eigenvalue weighted by Gasteiger charge is -2.18. The molecule has 2 fully saturated rings. The first kappa shape index (κ1) is 11.0. The maximum Gasteiger partial charge on any atom is 0.329 e. The highest BCUT2D eigenvalue weighted by Crippen LogP contribution is 2.53. The van der Waals surface area contributed by atoms with E-state index in [1.807, 2.05) is 0 Å². The highest BCUT2D eigenvalue weighted by atomic mass is 32.1. The van der Waals surface area contributed by atoms with Crippen LogP contribution in [0.3, 0.4) is 0 Å². The van der Waals surface area contributed by atoms with Crippen molar-refractivity contribution in [3.63, 3.8) is 0 Å². The van der Waals surface area contributed by atoms with Crippen molar-refractivity contribution < 1.29 is 4.74 Å². The van der Waals surface area contributed by atoms with E-state index in [4.69, 9.17) is 4.74 Å². The molecule has 0 amide bonds. The van der Waals surface area contributed by atoms with Crippen molar-refractivity contribution in [3.05, 3.63) is 5.01 Å². The van der Waals surface area contributed by atoms with Crippen LogP contribution in [0.1, 0.15) is 43.5 Å². The number of rotatable bonds is 3. The summed E-state index contributed by atoms with van der Waals surface area (Å²) in [5.74, 6) is 8.11. The smallest absolute Gasteiger partial charge is 0.329 e. The molecular weight excluding hydrogens is 232 g/mol. The van der Waals surface area contributed by atoms with Gasteiger partial charge in [-0.05, 0) is 49.6 Å². The van der Waals surface area contributed by atoms with Crippen molar-refractivity contribution in [1.82, 2.24) is 9.36 Å². The number of hydrogen-bond acceptors (Lipinski definition) is 4. The van der Waals surface area contributed by atoms with Crippen molar-refractivity contribution in [2.75, 3.05) is 6.61 Å². The summed E-state index contributed by atoms with van der Waals surface area (Å²) >= 11 is 1.51. The summed E-state index contributed by atoms with van der Waals surface area (Å²) in [7, 11) is 0. The maximum atomic E-state index is 5.38. The van der Waals surface area contributed by atoms with Gasteiger partial charge in [0.15, 0.2) is 6.61 Å². The summed E-state index contributed by atoms with van der Waals surface area (Å²) in [4.78, 5) is 4.50. The molecule has 2 saturated carbocycles. The average Bonchev–Trinajstić information content (AvgIpc) is 3.04. The fraction of sp³-hybridized carbons (Fsp3) is 0.692. The molecule has 3 nitrogen and oxygen atoms in total. The predicted octanol–water partition coefficient (Wildman–Crippen LogP) is 2.84. The van der Waals surface area contributed by atoms with Crippen LogP contribution < -0.4 is 4.74 Å². The summed E-state index contributed by atoms with van der Waals surface area (Å²) in [6.07, 6.45) is 5.53. The lowest BCUT2D eigenvalue weighted by Crippen LogP contribution is -2.08. The number of ether oxygens (including phenoxy) is 1. The molecule has 2 aliphatic carbocycles. The summed E-state index contributed by atoms with van der Waals surface area (Å²) in [6, 6.07) is 0.510. The van der Waals surface area contributed by atoms with E-state index in [0.717, 1.165) is 11.8 Å². The van der Waals surface area contributed by atoms with Crippen LogP contribution in [0.5, 0.6) is 6.01 Å². The Labute approximate surface area is 106 Å². The van der Waals surface area contributed by atoms with Crippen LogP contribution in [-0.4, -0.2) is 16.0 Å². The third-order valence-corrected chi connectivity index (χ3v) is 4.76. The standard InChI is InChI=1S/C13H16N2OS/c1-2-3-6-16-13-14-12(17-15-13)11-8-9-4-5-10(11)7-9/h9-11H,4-8H2,1H3. The molecule has 0 spiro atoms. The molecule has 0 radical (unpaired) electrons. The van der Waals surface area contributed by atoms with Gasteiger partial charge in [-0.1, -0.05) is 12.3 Å². The molecule has 3 rings (SSSR count). The average molecular weight is 248 g/mol. The van der Waals surface area contributed by atoms with Gasteiger partial charge < -0.3 is 4.74 Å². The zero-order chi connectivity index (χ0) is 11.7. The molecular formula is C13H16N2OS. The van der Waals surface area contributed by atoms with Gasteiger partial charge in [0, 0.05) is 5.92 Å². The van der Waals surface area contributed by atoms with Crippen LogP contribution in [0.4, 0.5) is 0 Å². The van der Waals surface area contributed by atoms with Crippen molar-refractivity contribution >= 4 is 11.5 Å². The second-order valence-electron chi connectivity index (χ2n) is 4.91. The lowest BCUT2D eigenvalue weighted by molar-refractivity contribution is 0.341. The summed E-state index contributed by atoms with van der Waals surface area (Å²) in [6.45, 7) is 2.20. The van der Waals surface area contributed by atoms with Crippen molar-refractivity contribution in [2.24, 2.45) is 11.8 Å². The number of aromatic nitrogens is 2. The zero-order valence-corrected chi connectivity index (χ0v) is 10.8. The van der Waals surface area contributed by atoms with E-state index in [1.165, 1.54) is 42.2 Å². The number of nitrogens with zero attached hydrogens (tertiary/aromatic N) is 2. The maximum absolute atomic E-state index is 5.38. The van der Waals surface area contributed by atoms with Gasteiger partial charge in [-0.3, -0.25) is 0 Å². The first-order chi connectivity index (χ1) is 8.36. The topological polar surface area (TPSA) is 35.0 Å². The Morgan fingerprint density at radius 2 is 2.35 bits per heavy atom. The Hall–Kier alpha value is -1.08. The van der Waals surface area contributed by atoms with Gasteiger partial charge in [-0.15, -0.1) is 10.3 Å². The Bertz CT molecular complexity index is 459. The largest absolute Gasteiger partial charge is 0.450 e. The van der Waals surface area contributed by atoms with Crippen molar-refractivity contribution in [3.8, 4) is 17.9 Å². The molecule has 2 bridgehead atoms. The van der Waals surface area contributed by atoms with E-state index in [-0.39, 0.29) is 0 Å². The molecule has 1 heterocycles. The quantitative estimate of drug-likeness (QED) is 0.771. The van der Waals surface area contributed by atoms with Crippen LogP contribution in [-0.2, 0) is 0 Å². The van der Waals surface area contributed by atoms with E-state index in [1.54, 1.807) is 6.92 Å². The van der Waals surface area contributed by atoms with E-state index >= 15 is 0 Å². The molecule has 0 aliphatic heterocycles. The third kappa shape index (κ3) is 2.16. The minimum Gasteiger partial charge on any atom is -0.450 e. The fourth-order valence-electron chi connectivity index (χ4n) is 3.15. The van der Waals surface area contributed by atoms with Gasteiger partial charge in [0.25, 0.3) is 0 Å². The van der Waals surface area contributed by atoms with Crippen LogP contribution in [0, 0.1) is 23.7 Å². The highest BCUT2D eigenvalue weighted by molar-refractivity contribution is 7.05. The molecule has 17 heavy (non-hydrogen) atoms.